The van der Waals surface area contributed by atoms with Crippen LogP contribution in [0.5, 0.6) is 0 Å². The predicted molar refractivity (Wildman–Crippen MR) is 164 cm³/mol. The fourth-order valence-corrected chi connectivity index (χ4v) is 4.79. The number of imidazole rings is 1. The number of H-pyrrole nitrogens is 1. The Labute approximate surface area is 247 Å². The van der Waals surface area contributed by atoms with Crippen LogP contribution in [0, 0.1) is 0 Å². The van der Waals surface area contributed by atoms with Crippen LogP contribution in [0.3, 0.4) is 0 Å². The number of amides is 2. The van der Waals surface area contributed by atoms with E-state index in [-0.39, 0.29) is 11.7 Å². The fourth-order valence-electron chi connectivity index (χ4n) is 4.79. The number of carbonyl (C=O) groups is 3. The molecule has 2 amide bonds. The van der Waals surface area contributed by atoms with E-state index >= 15 is 0 Å². The summed E-state index contributed by atoms with van der Waals surface area (Å²) in [5, 5.41) is 5.76. The molecular weight excluding hydrogens is 544 g/mol. The van der Waals surface area contributed by atoms with Gasteiger partial charge in [0.05, 0.1) is 33.7 Å². The highest BCUT2D eigenvalue weighted by Crippen LogP contribution is 2.37. The van der Waals surface area contributed by atoms with Gasteiger partial charge in [-0.3, -0.25) is 14.6 Å². The van der Waals surface area contributed by atoms with E-state index in [1.807, 2.05) is 51.1 Å². The van der Waals surface area contributed by atoms with Gasteiger partial charge in [-0.05, 0) is 87.0 Å². The minimum absolute atomic E-state index is 0.186. The van der Waals surface area contributed by atoms with Crippen molar-refractivity contribution in [2.45, 2.75) is 32.3 Å². The number of rotatable bonds is 6. The van der Waals surface area contributed by atoms with Crippen LogP contribution >= 0.6 is 0 Å². The molecule has 1 aliphatic heterocycles. The number of pyridine rings is 1. The van der Waals surface area contributed by atoms with Crippen LogP contribution in [0.1, 0.15) is 58.9 Å². The average Bonchev–Trinajstić information content (AvgIpc) is 3.56. The summed E-state index contributed by atoms with van der Waals surface area (Å²) in [6.07, 6.45) is 1.64. The van der Waals surface area contributed by atoms with E-state index in [2.05, 4.69) is 25.6 Å². The minimum Gasteiger partial charge on any atom is -0.456 e. The number of hydrogen-bond acceptors (Lipinski definition) is 7. The molecule has 0 spiro atoms. The number of para-hydroxylation sites is 2. The maximum absolute atomic E-state index is 13.4. The highest BCUT2D eigenvalue weighted by molar-refractivity contribution is 6.24. The normalized spacial score (nSPS) is 14.7. The molecule has 0 saturated heterocycles. The van der Waals surface area contributed by atoms with E-state index in [0.29, 0.717) is 45.1 Å². The topological polar surface area (TPSA) is 138 Å². The summed E-state index contributed by atoms with van der Waals surface area (Å²) in [7, 11) is 0. The second kappa shape index (κ2) is 11.0. The van der Waals surface area contributed by atoms with E-state index in [1.54, 1.807) is 60.8 Å². The Morgan fingerprint density at radius 3 is 2.44 bits per heavy atom. The van der Waals surface area contributed by atoms with Gasteiger partial charge in [-0.2, -0.15) is 0 Å². The second-order valence-corrected chi connectivity index (χ2v) is 11.0. The van der Waals surface area contributed by atoms with Crippen LogP contribution in [-0.4, -0.2) is 44.0 Å². The zero-order chi connectivity index (χ0) is 30.1. The van der Waals surface area contributed by atoms with E-state index in [4.69, 9.17) is 9.73 Å². The zero-order valence-corrected chi connectivity index (χ0v) is 23.7. The molecule has 214 valence electrons. The molecule has 1 unspecified atom stereocenters. The number of esters is 1. The number of aromatic nitrogens is 3. The largest absolute Gasteiger partial charge is 0.456 e. The Hall–Kier alpha value is -5.64. The molecule has 0 aliphatic carbocycles. The highest BCUT2D eigenvalue weighted by atomic mass is 16.6. The van der Waals surface area contributed by atoms with Crippen molar-refractivity contribution in [2.75, 3.05) is 10.6 Å². The Bertz CT molecular complexity index is 1860. The van der Waals surface area contributed by atoms with Crippen LogP contribution in [0.4, 0.5) is 17.1 Å². The molecule has 6 rings (SSSR count). The van der Waals surface area contributed by atoms with E-state index in [0.717, 1.165) is 5.52 Å². The molecule has 5 aromatic rings. The van der Waals surface area contributed by atoms with Gasteiger partial charge in [-0.25, -0.2) is 14.8 Å². The minimum atomic E-state index is -0.754. The van der Waals surface area contributed by atoms with Crippen molar-refractivity contribution in [3.05, 3.63) is 114 Å². The van der Waals surface area contributed by atoms with Crippen molar-refractivity contribution in [1.29, 1.82) is 0 Å². The fraction of sp³-hybridized carbons (Fsp3) is 0.152. The number of aromatic amines is 1. The summed E-state index contributed by atoms with van der Waals surface area (Å²) in [6, 6.07) is 24.7. The maximum Gasteiger partial charge on any atom is 0.338 e. The molecule has 10 nitrogen and oxygen atoms in total. The molecule has 3 heterocycles. The summed E-state index contributed by atoms with van der Waals surface area (Å²) in [4.78, 5) is 55.4. The number of nitrogens with one attached hydrogen (secondary N) is 3. The van der Waals surface area contributed by atoms with Gasteiger partial charge in [-0.1, -0.05) is 24.3 Å². The molecule has 0 fully saturated rings. The average molecular weight is 573 g/mol. The first-order valence-electron chi connectivity index (χ1n) is 13.7. The number of anilines is 2. The highest BCUT2D eigenvalue weighted by Gasteiger charge is 2.36. The first-order valence-corrected chi connectivity index (χ1v) is 13.7. The van der Waals surface area contributed by atoms with Gasteiger partial charge in [0.25, 0.3) is 5.91 Å². The number of fused-ring (bicyclic) bond motifs is 2. The Morgan fingerprint density at radius 1 is 0.953 bits per heavy atom. The van der Waals surface area contributed by atoms with Gasteiger partial charge in [0.1, 0.15) is 11.5 Å². The van der Waals surface area contributed by atoms with Gasteiger partial charge < -0.3 is 20.4 Å². The van der Waals surface area contributed by atoms with E-state index in [9.17, 15) is 14.4 Å². The standard InChI is InChI=1S/C33H28N6O4/c1-33(2,3)43-32(42)19-11-13-20(14-12-19)35-28(25-10-6-7-17-34-25)27-22-16-15-21(18-26(22)39-30(27)40)36-31(41)29-37-23-8-4-5-9-24(23)38-29/h4-18,27H,1-3H3,(H,36,41)(H,37,38)(H,39,40). The number of ether oxygens (including phenoxy) is 1. The smallest absolute Gasteiger partial charge is 0.338 e. The van der Waals surface area contributed by atoms with Crippen molar-refractivity contribution in [1.82, 2.24) is 15.0 Å². The predicted octanol–water partition coefficient (Wildman–Crippen LogP) is 6.02. The molecule has 1 aliphatic rings. The third-order valence-electron chi connectivity index (χ3n) is 6.70. The summed E-state index contributed by atoms with van der Waals surface area (Å²) in [5.41, 5.74) is 4.52. The lowest BCUT2D eigenvalue weighted by Gasteiger charge is -2.19. The SMILES string of the molecule is CC(C)(C)OC(=O)c1ccc(N=C(c2ccccn2)C2C(=O)Nc3cc(NC(=O)c4nc5ccccc5[nH]4)ccc32)cc1. The third kappa shape index (κ3) is 5.89. The van der Waals surface area contributed by atoms with Crippen molar-refractivity contribution < 1.29 is 19.1 Å². The first-order chi connectivity index (χ1) is 20.6. The van der Waals surface area contributed by atoms with Gasteiger partial charge in [-0.15, -0.1) is 0 Å². The van der Waals surface area contributed by atoms with Crippen LogP contribution in [0.15, 0.2) is 96.1 Å². The molecule has 0 saturated carbocycles. The second-order valence-electron chi connectivity index (χ2n) is 11.0. The molecule has 3 aromatic carbocycles. The molecule has 1 atom stereocenters. The monoisotopic (exact) mass is 572 g/mol. The lowest BCUT2D eigenvalue weighted by atomic mass is 9.92. The lowest BCUT2D eigenvalue weighted by molar-refractivity contribution is -0.115. The van der Waals surface area contributed by atoms with E-state index in [1.165, 1.54) is 0 Å². The van der Waals surface area contributed by atoms with Crippen LogP contribution in [-0.2, 0) is 9.53 Å². The van der Waals surface area contributed by atoms with Crippen LogP contribution < -0.4 is 10.6 Å². The van der Waals surface area contributed by atoms with Gasteiger partial charge in [0.15, 0.2) is 5.82 Å². The Kier molecular flexibility index (Phi) is 7.03. The molecule has 3 N–H and O–H groups in total. The zero-order valence-electron chi connectivity index (χ0n) is 23.7. The van der Waals surface area contributed by atoms with Gasteiger partial charge in [0.2, 0.25) is 5.91 Å². The Balaban J connectivity index is 1.29. The Morgan fingerprint density at radius 2 is 1.72 bits per heavy atom. The van der Waals surface area contributed by atoms with Crippen LogP contribution in [0.2, 0.25) is 0 Å². The van der Waals surface area contributed by atoms with Gasteiger partial charge in [0, 0.05) is 17.6 Å². The lowest BCUT2D eigenvalue weighted by Crippen LogP contribution is -2.23. The molecule has 10 heteroatoms. The molecule has 43 heavy (non-hydrogen) atoms. The quantitative estimate of drug-likeness (QED) is 0.168. The molecule has 0 bridgehead atoms. The summed E-state index contributed by atoms with van der Waals surface area (Å²) < 4.78 is 5.45. The van der Waals surface area contributed by atoms with E-state index < -0.39 is 23.4 Å². The van der Waals surface area contributed by atoms with Crippen molar-refractivity contribution in [3.63, 3.8) is 0 Å². The van der Waals surface area contributed by atoms with Crippen molar-refractivity contribution >= 4 is 51.6 Å². The number of carbonyl (C=O) groups excluding carboxylic acids is 3. The molecule has 0 radical (unpaired) electrons. The number of hydrogen-bond donors (Lipinski definition) is 3. The third-order valence-corrected chi connectivity index (χ3v) is 6.70. The summed E-state index contributed by atoms with van der Waals surface area (Å²) in [6.45, 7) is 5.43. The summed E-state index contributed by atoms with van der Waals surface area (Å²) in [5.74, 6) is -1.67. The van der Waals surface area contributed by atoms with Crippen molar-refractivity contribution in [2.24, 2.45) is 4.99 Å². The van der Waals surface area contributed by atoms with Crippen LogP contribution in [0.25, 0.3) is 11.0 Å². The van der Waals surface area contributed by atoms with Gasteiger partial charge >= 0.3 is 5.97 Å². The number of nitrogens with zero attached hydrogens (tertiary/aromatic N) is 3. The maximum atomic E-state index is 13.4. The van der Waals surface area contributed by atoms with Crippen molar-refractivity contribution in [3.8, 4) is 0 Å². The molecular formula is C33H28N6O4. The number of aliphatic imine (C=N–C) groups is 1. The first kappa shape index (κ1) is 27.5. The molecule has 2 aromatic heterocycles. The summed E-state index contributed by atoms with van der Waals surface area (Å²) >= 11 is 0. The number of benzene rings is 3.